The first-order valence-electron chi connectivity index (χ1n) is 11.0. The molecular weight excluding hydrogens is 485 g/mol. The summed E-state index contributed by atoms with van der Waals surface area (Å²) in [6.07, 6.45) is 3.62. The van der Waals surface area contributed by atoms with E-state index in [9.17, 15) is 0 Å². The summed E-state index contributed by atoms with van der Waals surface area (Å²) in [6, 6.07) is 19.5. The summed E-state index contributed by atoms with van der Waals surface area (Å²) in [5, 5.41) is 5.41. The Bertz CT molecular complexity index is 1340. The highest BCUT2D eigenvalue weighted by molar-refractivity contribution is 7.80. The molecule has 1 aliphatic rings. The summed E-state index contributed by atoms with van der Waals surface area (Å²) in [7, 11) is 0. The zero-order valence-electron chi connectivity index (χ0n) is 18.7. The van der Waals surface area contributed by atoms with Crippen molar-refractivity contribution < 1.29 is 0 Å². The van der Waals surface area contributed by atoms with Crippen molar-refractivity contribution in [2.24, 2.45) is 0 Å². The number of thiocarbonyl (C=S) groups is 1. The molecule has 1 fully saturated rings. The fraction of sp³-hybridized carbons (Fsp3) is 0.192. The standard InChI is InChI=1S/C26H23Cl2N5S/c1-16-13-20(17(2)33(16)23-10-9-18(27)14-21(23)28)25-24(22-8-4-6-12-30-22)31-26(34)32(25)15-19-7-3-5-11-29-19/h3-14,24-25H,15H2,1-2H3,(H,31,34)/t24-,25+/m1/s1. The molecule has 34 heavy (non-hydrogen) atoms. The van der Waals surface area contributed by atoms with E-state index in [1.165, 1.54) is 0 Å². The number of nitrogens with one attached hydrogen (secondary N) is 1. The van der Waals surface area contributed by atoms with Crippen LogP contribution >= 0.6 is 35.4 Å². The molecule has 0 aliphatic carbocycles. The number of halogens is 2. The molecule has 172 valence electrons. The molecule has 0 saturated carbocycles. The molecule has 1 aromatic carbocycles. The van der Waals surface area contributed by atoms with Gasteiger partial charge in [-0.15, -0.1) is 0 Å². The Morgan fingerprint density at radius 1 is 0.971 bits per heavy atom. The zero-order chi connectivity index (χ0) is 23.8. The van der Waals surface area contributed by atoms with Crippen molar-refractivity contribution in [1.29, 1.82) is 0 Å². The molecule has 4 aromatic rings. The quantitative estimate of drug-likeness (QED) is 0.318. The molecule has 8 heteroatoms. The van der Waals surface area contributed by atoms with Gasteiger partial charge in [-0.3, -0.25) is 9.97 Å². The van der Waals surface area contributed by atoms with Gasteiger partial charge in [-0.2, -0.15) is 0 Å². The third-order valence-electron chi connectivity index (χ3n) is 6.20. The molecule has 2 atom stereocenters. The average Bonchev–Trinajstić information content (AvgIpc) is 3.30. The summed E-state index contributed by atoms with van der Waals surface area (Å²) in [5.74, 6) is 0. The second kappa shape index (κ2) is 9.37. The second-order valence-electron chi connectivity index (χ2n) is 8.33. The third kappa shape index (κ3) is 4.17. The van der Waals surface area contributed by atoms with Crippen molar-refractivity contribution in [3.05, 3.63) is 111 Å². The van der Waals surface area contributed by atoms with Crippen LogP contribution in [0.2, 0.25) is 10.0 Å². The Labute approximate surface area is 214 Å². The Balaban J connectivity index is 1.63. The summed E-state index contributed by atoms with van der Waals surface area (Å²) < 4.78 is 2.17. The van der Waals surface area contributed by atoms with Gasteiger partial charge >= 0.3 is 0 Å². The van der Waals surface area contributed by atoms with Crippen LogP contribution in [0.25, 0.3) is 5.69 Å². The average molecular weight is 508 g/mol. The van der Waals surface area contributed by atoms with Gasteiger partial charge in [-0.05, 0) is 80.2 Å². The third-order valence-corrected chi connectivity index (χ3v) is 7.09. The summed E-state index contributed by atoms with van der Waals surface area (Å²) in [6.45, 7) is 4.79. The van der Waals surface area contributed by atoms with Gasteiger partial charge in [0.1, 0.15) is 0 Å². The molecule has 0 spiro atoms. The van der Waals surface area contributed by atoms with E-state index in [-0.39, 0.29) is 12.1 Å². The highest BCUT2D eigenvalue weighted by Gasteiger charge is 2.41. The molecule has 4 heterocycles. The van der Waals surface area contributed by atoms with Crippen LogP contribution in [0.15, 0.2) is 73.1 Å². The normalized spacial score (nSPS) is 17.8. The first-order valence-corrected chi connectivity index (χ1v) is 12.1. The van der Waals surface area contributed by atoms with Gasteiger partial charge in [-0.1, -0.05) is 35.3 Å². The maximum atomic E-state index is 6.59. The van der Waals surface area contributed by atoms with Crippen molar-refractivity contribution in [3.63, 3.8) is 0 Å². The molecule has 0 unspecified atom stereocenters. The fourth-order valence-corrected chi connectivity index (χ4v) is 5.50. The maximum absolute atomic E-state index is 6.59. The van der Waals surface area contributed by atoms with Crippen LogP contribution in [0.3, 0.4) is 0 Å². The van der Waals surface area contributed by atoms with E-state index in [4.69, 9.17) is 35.4 Å². The lowest BCUT2D eigenvalue weighted by Crippen LogP contribution is -2.29. The number of aromatic nitrogens is 3. The zero-order valence-corrected chi connectivity index (χ0v) is 21.1. The van der Waals surface area contributed by atoms with Crippen LogP contribution in [0.1, 0.15) is 40.4 Å². The minimum absolute atomic E-state index is 0.0737. The molecule has 1 N–H and O–H groups in total. The van der Waals surface area contributed by atoms with E-state index >= 15 is 0 Å². The van der Waals surface area contributed by atoms with Crippen molar-refractivity contribution in [2.45, 2.75) is 32.5 Å². The number of rotatable bonds is 5. The topological polar surface area (TPSA) is 46.0 Å². The van der Waals surface area contributed by atoms with E-state index in [1.54, 1.807) is 6.07 Å². The number of hydrogen-bond donors (Lipinski definition) is 1. The summed E-state index contributed by atoms with van der Waals surface area (Å²) in [4.78, 5) is 11.4. The predicted molar refractivity (Wildman–Crippen MR) is 140 cm³/mol. The first kappa shape index (κ1) is 22.8. The monoisotopic (exact) mass is 507 g/mol. The Kier molecular flexibility index (Phi) is 6.30. The Hall–Kier alpha value is -2.93. The van der Waals surface area contributed by atoms with E-state index in [0.717, 1.165) is 34.0 Å². The van der Waals surface area contributed by atoms with Crippen molar-refractivity contribution in [2.75, 3.05) is 0 Å². The lowest BCUT2D eigenvalue weighted by atomic mass is 9.96. The van der Waals surface area contributed by atoms with Crippen LogP contribution < -0.4 is 5.32 Å². The van der Waals surface area contributed by atoms with Crippen LogP contribution in [0, 0.1) is 13.8 Å². The molecular formula is C26H23Cl2N5S. The largest absolute Gasteiger partial charge is 0.352 e. The van der Waals surface area contributed by atoms with Crippen molar-refractivity contribution in [1.82, 2.24) is 24.8 Å². The number of aryl methyl sites for hydroxylation is 1. The highest BCUT2D eigenvalue weighted by Crippen LogP contribution is 2.42. The lowest BCUT2D eigenvalue weighted by molar-refractivity contribution is 0.307. The molecule has 1 aliphatic heterocycles. The highest BCUT2D eigenvalue weighted by atomic mass is 35.5. The van der Waals surface area contributed by atoms with Gasteiger partial charge < -0.3 is 14.8 Å². The maximum Gasteiger partial charge on any atom is 0.170 e. The number of pyridine rings is 2. The van der Waals surface area contributed by atoms with Gasteiger partial charge in [-0.25, -0.2) is 0 Å². The molecule has 0 bridgehead atoms. The van der Waals surface area contributed by atoms with E-state index in [0.29, 0.717) is 21.7 Å². The molecule has 5 rings (SSSR count). The second-order valence-corrected chi connectivity index (χ2v) is 9.56. The molecule has 0 radical (unpaired) electrons. The predicted octanol–water partition coefficient (Wildman–Crippen LogP) is 6.36. The minimum Gasteiger partial charge on any atom is -0.352 e. The summed E-state index contributed by atoms with van der Waals surface area (Å²) in [5.41, 5.74) is 6.10. The van der Waals surface area contributed by atoms with Crippen LogP contribution in [0.5, 0.6) is 0 Å². The van der Waals surface area contributed by atoms with Gasteiger partial charge in [0.05, 0.1) is 40.7 Å². The lowest BCUT2D eigenvalue weighted by Gasteiger charge is -2.28. The first-order chi connectivity index (χ1) is 16.4. The van der Waals surface area contributed by atoms with Gasteiger partial charge in [0.25, 0.3) is 0 Å². The number of hydrogen-bond acceptors (Lipinski definition) is 3. The molecule has 3 aromatic heterocycles. The van der Waals surface area contributed by atoms with Crippen LogP contribution in [-0.4, -0.2) is 24.5 Å². The van der Waals surface area contributed by atoms with E-state index < -0.39 is 0 Å². The molecule has 0 amide bonds. The number of benzene rings is 1. The number of nitrogens with zero attached hydrogens (tertiary/aromatic N) is 4. The van der Waals surface area contributed by atoms with Gasteiger partial charge in [0.2, 0.25) is 0 Å². The molecule has 1 saturated heterocycles. The summed E-state index contributed by atoms with van der Waals surface area (Å²) >= 11 is 18.6. The van der Waals surface area contributed by atoms with E-state index in [1.807, 2.05) is 60.9 Å². The van der Waals surface area contributed by atoms with Gasteiger partial charge in [0, 0.05) is 28.8 Å². The smallest absolute Gasteiger partial charge is 0.170 e. The van der Waals surface area contributed by atoms with Crippen molar-refractivity contribution in [3.8, 4) is 5.69 Å². The van der Waals surface area contributed by atoms with Crippen molar-refractivity contribution >= 4 is 40.5 Å². The Morgan fingerprint density at radius 3 is 2.41 bits per heavy atom. The fourth-order valence-electron chi connectivity index (χ4n) is 4.70. The Morgan fingerprint density at radius 2 is 1.74 bits per heavy atom. The minimum atomic E-state index is -0.105. The SMILES string of the molecule is Cc1cc([C@H]2[C@@H](c3ccccn3)NC(=S)N2Cc2ccccn2)c(C)n1-c1ccc(Cl)cc1Cl. The van der Waals surface area contributed by atoms with Crippen LogP contribution in [0.4, 0.5) is 0 Å². The van der Waals surface area contributed by atoms with E-state index in [2.05, 4.69) is 44.7 Å². The van der Waals surface area contributed by atoms with Crippen LogP contribution in [-0.2, 0) is 6.54 Å². The molecule has 5 nitrogen and oxygen atoms in total. The van der Waals surface area contributed by atoms with Gasteiger partial charge in [0.15, 0.2) is 5.11 Å².